The van der Waals surface area contributed by atoms with Gasteiger partial charge in [-0.3, -0.25) is 9.10 Å². The van der Waals surface area contributed by atoms with Gasteiger partial charge in [-0.1, -0.05) is 18.2 Å². The number of rotatable bonds is 7. The van der Waals surface area contributed by atoms with E-state index in [-0.39, 0.29) is 16.4 Å². The molecule has 2 rings (SSSR count). The Labute approximate surface area is 148 Å². The molecule has 0 bridgehead atoms. The Hall–Kier alpha value is -2.38. The van der Waals surface area contributed by atoms with Crippen molar-refractivity contribution < 1.29 is 17.9 Å². The molecule has 0 saturated carbocycles. The van der Waals surface area contributed by atoms with Gasteiger partial charge >= 0.3 is 0 Å². The summed E-state index contributed by atoms with van der Waals surface area (Å²) in [4.78, 5) is 12.2. The monoisotopic (exact) mass is 362 g/mol. The Morgan fingerprint density at radius 3 is 2.56 bits per heavy atom. The lowest BCUT2D eigenvalue weighted by Crippen LogP contribution is -2.28. The molecule has 0 aliphatic carbocycles. The van der Waals surface area contributed by atoms with Crippen LogP contribution in [0.25, 0.3) is 0 Å². The molecule has 2 aromatic rings. The van der Waals surface area contributed by atoms with Gasteiger partial charge in [-0.15, -0.1) is 0 Å². The van der Waals surface area contributed by atoms with Crippen LogP contribution in [0.15, 0.2) is 53.4 Å². The lowest BCUT2D eigenvalue weighted by Gasteiger charge is -2.20. The minimum atomic E-state index is -3.76. The molecule has 2 aromatic carbocycles. The first kappa shape index (κ1) is 19.0. The van der Waals surface area contributed by atoms with Gasteiger partial charge in [0.25, 0.3) is 15.9 Å². The highest BCUT2D eigenvalue weighted by Crippen LogP contribution is 2.23. The number of benzene rings is 2. The zero-order valence-electron chi connectivity index (χ0n) is 14.5. The van der Waals surface area contributed by atoms with Crippen LogP contribution in [0.5, 0.6) is 0 Å². The molecule has 1 N–H and O–H groups in total. The Kier molecular flexibility index (Phi) is 6.17. The van der Waals surface area contributed by atoms with Crippen LogP contribution in [-0.2, 0) is 14.8 Å². The van der Waals surface area contributed by atoms with Crippen molar-refractivity contribution in [1.82, 2.24) is 5.32 Å². The van der Waals surface area contributed by atoms with Gasteiger partial charge in [-0.25, -0.2) is 8.42 Å². The first-order chi connectivity index (χ1) is 11.9. The van der Waals surface area contributed by atoms with Crippen LogP contribution in [0.2, 0.25) is 0 Å². The largest absolute Gasteiger partial charge is 0.383 e. The molecule has 134 valence electrons. The van der Waals surface area contributed by atoms with E-state index in [2.05, 4.69) is 5.32 Å². The number of methoxy groups -OCH3 is 1. The van der Waals surface area contributed by atoms with Crippen LogP contribution in [0.1, 0.15) is 15.9 Å². The highest BCUT2D eigenvalue weighted by molar-refractivity contribution is 7.92. The number of anilines is 1. The summed E-state index contributed by atoms with van der Waals surface area (Å²) >= 11 is 0. The molecule has 0 unspecified atom stereocenters. The van der Waals surface area contributed by atoms with Crippen molar-refractivity contribution in [3.05, 3.63) is 59.7 Å². The molecule has 0 saturated heterocycles. The number of sulfonamides is 1. The van der Waals surface area contributed by atoms with Crippen molar-refractivity contribution >= 4 is 21.6 Å². The number of nitrogens with zero attached hydrogens (tertiary/aromatic N) is 1. The summed E-state index contributed by atoms with van der Waals surface area (Å²) in [6, 6.07) is 13.2. The van der Waals surface area contributed by atoms with E-state index in [0.717, 1.165) is 5.56 Å². The second-order valence-electron chi connectivity index (χ2n) is 5.59. The fourth-order valence-electron chi connectivity index (χ4n) is 2.29. The maximum Gasteiger partial charge on any atom is 0.264 e. The fourth-order valence-corrected chi connectivity index (χ4v) is 3.52. The molecule has 0 atom stereocenters. The molecule has 0 radical (unpaired) electrons. The highest BCUT2D eigenvalue weighted by atomic mass is 32.2. The van der Waals surface area contributed by atoms with Gasteiger partial charge in [0.1, 0.15) is 0 Å². The summed E-state index contributed by atoms with van der Waals surface area (Å²) in [6.07, 6.45) is 0. The number of hydrogen-bond donors (Lipinski definition) is 1. The Balaban J connectivity index is 2.27. The number of aryl methyl sites for hydroxylation is 1. The molecule has 7 heteroatoms. The molecule has 1 amide bonds. The summed E-state index contributed by atoms with van der Waals surface area (Å²) < 4.78 is 31.8. The summed E-state index contributed by atoms with van der Waals surface area (Å²) in [5.41, 5.74) is 1.82. The first-order valence-corrected chi connectivity index (χ1v) is 9.23. The SMILES string of the molecule is COCCNC(=O)c1cccc(S(=O)(=O)N(C)c2cccc(C)c2)c1. The maximum absolute atomic E-state index is 12.9. The normalized spacial score (nSPS) is 11.2. The second kappa shape index (κ2) is 8.13. The lowest BCUT2D eigenvalue weighted by molar-refractivity contribution is 0.0937. The third kappa shape index (κ3) is 4.58. The van der Waals surface area contributed by atoms with Gasteiger partial charge in [0.2, 0.25) is 0 Å². The van der Waals surface area contributed by atoms with Crippen molar-refractivity contribution in [3.8, 4) is 0 Å². The fraction of sp³-hybridized carbons (Fsp3) is 0.278. The van der Waals surface area contributed by atoms with Crippen molar-refractivity contribution in [2.45, 2.75) is 11.8 Å². The molecule has 25 heavy (non-hydrogen) atoms. The molecular formula is C18H22N2O4S. The smallest absolute Gasteiger partial charge is 0.264 e. The van der Waals surface area contributed by atoms with Crippen LogP contribution in [0, 0.1) is 6.92 Å². The predicted octanol–water partition coefficient (Wildman–Crippen LogP) is 2.20. The molecule has 6 nitrogen and oxygen atoms in total. The van der Waals surface area contributed by atoms with E-state index in [9.17, 15) is 13.2 Å². The first-order valence-electron chi connectivity index (χ1n) is 7.79. The average Bonchev–Trinajstić information content (AvgIpc) is 2.61. The zero-order chi connectivity index (χ0) is 18.4. The summed E-state index contributed by atoms with van der Waals surface area (Å²) in [7, 11) is -0.724. The number of ether oxygens (including phenoxy) is 1. The Morgan fingerprint density at radius 2 is 1.88 bits per heavy atom. The molecule has 0 spiro atoms. The number of amides is 1. The summed E-state index contributed by atoms with van der Waals surface area (Å²) in [5, 5.41) is 2.67. The van der Waals surface area contributed by atoms with Crippen molar-refractivity contribution in [1.29, 1.82) is 0 Å². The van der Waals surface area contributed by atoms with Crippen molar-refractivity contribution in [2.24, 2.45) is 0 Å². The van der Waals surface area contributed by atoms with Crippen LogP contribution >= 0.6 is 0 Å². The van der Waals surface area contributed by atoms with Crippen LogP contribution in [0.3, 0.4) is 0 Å². The Morgan fingerprint density at radius 1 is 1.16 bits per heavy atom. The predicted molar refractivity (Wildman–Crippen MR) is 97.4 cm³/mol. The Bertz CT molecular complexity index is 850. The number of nitrogens with one attached hydrogen (secondary N) is 1. The van der Waals surface area contributed by atoms with E-state index in [0.29, 0.717) is 18.8 Å². The topological polar surface area (TPSA) is 75.7 Å². The average molecular weight is 362 g/mol. The van der Waals surface area contributed by atoms with E-state index in [1.165, 1.54) is 23.5 Å². The number of hydrogen-bond acceptors (Lipinski definition) is 4. The number of carbonyl (C=O) groups excluding carboxylic acids is 1. The van der Waals surface area contributed by atoms with E-state index < -0.39 is 10.0 Å². The van der Waals surface area contributed by atoms with Crippen LogP contribution in [0.4, 0.5) is 5.69 Å². The minimum absolute atomic E-state index is 0.0656. The number of carbonyl (C=O) groups is 1. The standard InChI is InChI=1S/C18H22N2O4S/c1-14-6-4-8-16(12-14)20(2)25(22,23)17-9-5-7-15(13-17)18(21)19-10-11-24-3/h4-9,12-13H,10-11H2,1-3H3,(H,19,21). The lowest BCUT2D eigenvalue weighted by atomic mass is 10.2. The third-order valence-electron chi connectivity index (χ3n) is 3.71. The van der Waals surface area contributed by atoms with Gasteiger partial charge in [0, 0.05) is 26.3 Å². The molecule has 0 heterocycles. The van der Waals surface area contributed by atoms with Crippen LogP contribution < -0.4 is 9.62 Å². The highest BCUT2D eigenvalue weighted by Gasteiger charge is 2.22. The van der Waals surface area contributed by atoms with Crippen molar-refractivity contribution in [3.63, 3.8) is 0 Å². The molecule has 0 aliphatic rings. The van der Waals surface area contributed by atoms with Gasteiger partial charge in [-0.05, 0) is 42.8 Å². The van der Waals surface area contributed by atoms with E-state index in [1.807, 2.05) is 13.0 Å². The van der Waals surface area contributed by atoms with E-state index >= 15 is 0 Å². The van der Waals surface area contributed by atoms with Gasteiger partial charge in [-0.2, -0.15) is 0 Å². The van der Waals surface area contributed by atoms with E-state index in [1.54, 1.807) is 37.4 Å². The summed E-state index contributed by atoms with van der Waals surface area (Å²) in [5.74, 6) is -0.340. The molecule has 0 aliphatic heterocycles. The van der Waals surface area contributed by atoms with Crippen LogP contribution in [-0.4, -0.2) is 41.6 Å². The maximum atomic E-state index is 12.9. The summed E-state index contributed by atoms with van der Waals surface area (Å²) in [6.45, 7) is 2.64. The van der Waals surface area contributed by atoms with E-state index in [4.69, 9.17) is 4.74 Å². The third-order valence-corrected chi connectivity index (χ3v) is 5.49. The van der Waals surface area contributed by atoms with Gasteiger partial charge < -0.3 is 10.1 Å². The minimum Gasteiger partial charge on any atom is -0.383 e. The van der Waals surface area contributed by atoms with Crippen molar-refractivity contribution in [2.75, 3.05) is 31.6 Å². The second-order valence-corrected chi connectivity index (χ2v) is 7.56. The van der Waals surface area contributed by atoms with Gasteiger partial charge in [0.15, 0.2) is 0 Å². The molecular weight excluding hydrogens is 340 g/mol. The molecule has 0 aromatic heterocycles. The van der Waals surface area contributed by atoms with Gasteiger partial charge in [0.05, 0.1) is 17.2 Å². The zero-order valence-corrected chi connectivity index (χ0v) is 15.3. The molecule has 0 fully saturated rings. The quantitative estimate of drug-likeness (QED) is 0.766.